The lowest BCUT2D eigenvalue weighted by Crippen LogP contribution is -2.03. The fourth-order valence-corrected chi connectivity index (χ4v) is 2.17. The molecule has 0 unspecified atom stereocenters. The topological polar surface area (TPSA) is 73.3 Å². The van der Waals surface area contributed by atoms with Crippen molar-refractivity contribution in [2.75, 3.05) is 19.0 Å². The Balaban J connectivity index is 1.94. The van der Waals surface area contributed by atoms with Gasteiger partial charge in [0, 0.05) is 23.9 Å². The Morgan fingerprint density at radius 1 is 1.32 bits per heavy atom. The lowest BCUT2D eigenvalue weighted by molar-refractivity contribution is -0.140. The fraction of sp³-hybridized carbons (Fsp3) is 0.316. The largest absolute Gasteiger partial charge is 0.469 e. The number of aryl methyl sites for hydroxylation is 2. The van der Waals surface area contributed by atoms with Crippen LogP contribution in [0.4, 0.5) is 11.6 Å². The summed E-state index contributed by atoms with van der Waals surface area (Å²) in [6.07, 6.45) is 8.89. The molecule has 0 spiro atoms. The summed E-state index contributed by atoms with van der Waals surface area (Å²) in [5, 5.41) is 3.13. The van der Waals surface area contributed by atoms with Crippen LogP contribution in [-0.4, -0.2) is 29.7 Å². The molecular weight excluding hydrogens is 318 g/mol. The van der Waals surface area contributed by atoms with E-state index >= 15 is 0 Å². The molecule has 6 nitrogen and oxygen atoms in total. The Hall–Kier alpha value is -3.07. The van der Waals surface area contributed by atoms with Crippen molar-refractivity contribution >= 4 is 17.6 Å². The molecule has 130 valence electrons. The SMILES string of the molecule is C#CCOc1nc(Nc2ccc(CCCC(=O)OC)cc2)ncc1C. The highest BCUT2D eigenvalue weighted by Gasteiger charge is 2.06. The number of aromatic nitrogens is 2. The van der Waals surface area contributed by atoms with Gasteiger partial charge in [-0.05, 0) is 37.5 Å². The van der Waals surface area contributed by atoms with Crippen LogP contribution in [0.2, 0.25) is 0 Å². The highest BCUT2D eigenvalue weighted by molar-refractivity contribution is 5.69. The third-order valence-electron chi connectivity index (χ3n) is 3.50. The molecule has 0 aliphatic heterocycles. The molecule has 2 aromatic rings. The van der Waals surface area contributed by atoms with Crippen LogP contribution in [0.15, 0.2) is 30.5 Å². The van der Waals surface area contributed by atoms with Gasteiger partial charge in [-0.3, -0.25) is 4.79 Å². The molecule has 2 rings (SSSR count). The number of terminal acetylenes is 1. The molecule has 0 saturated heterocycles. The van der Waals surface area contributed by atoms with Gasteiger partial charge >= 0.3 is 5.97 Å². The second-order valence-corrected chi connectivity index (χ2v) is 5.43. The molecule has 0 saturated carbocycles. The summed E-state index contributed by atoms with van der Waals surface area (Å²) in [5.74, 6) is 3.14. The Labute approximate surface area is 147 Å². The summed E-state index contributed by atoms with van der Waals surface area (Å²) in [4.78, 5) is 19.7. The van der Waals surface area contributed by atoms with E-state index < -0.39 is 0 Å². The van der Waals surface area contributed by atoms with Crippen LogP contribution in [0, 0.1) is 19.3 Å². The number of methoxy groups -OCH3 is 1. The monoisotopic (exact) mass is 339 g/mol. The third-order valence-corrected chi connectivity index (χ3v) is 3.50. The maximum atomic E-state index is 11.1. The van der Waals surface area contributed by atoms with Crippen molar-refractivity contribution in [2.45, 2.75) is 26.2 Å². The van der Waals surface area contributed by atoms with Crippen LogP contribution < -0.4 is 10.1 Å². The van der Waals surface area contributed by atoms with E-state index in [-0.39, 0.29) is 12.6 Å². The van der Waals surface area contributed by atoms with E-state index in [0.717, 1.165) is 29.7 Å². The normalized spacial score (nSPS) is 9.96. The van der Waals surface area contributed by atoms with Gasteiger partial charge in [0.2, 0.25) is 11.8 Å². The Kier molecular flexibility index (Phi) is 6.78. The predicted molar refractivity (Wildman–Crippen MR) is 95.8 cm³/mol. The van der Waals surface area contributed by atoms with Crippen molar-refractivity contribution in [3.8, 4) is 18.2 Å². The lowest BCUT2D eigenvalue weighted by atomic mass is 10.1. The number of rotatable bonds is 8. The number of benzene rings is 1. The standard InChI is InChI=1S/C19H21N3O3/c1-4-12-25-18-14(2)13-20-19(22-18)21-16-10-8-15(9-11-16)6-5-7-17(23)24-3/h1,8-11,13H,5-7,12H2,2-3H3,(H,20,21,22). The fourth-order valence-electron chi connectivity index (χ4n) is 2.17. The van der Waals surface area contributed by atoms with E-state index in [1.807, 2.05) is 31.2 Å². The van der Waals surface area contributed by atoms with Crippen LogP contribution in [0.25, 0.3) is 0 Å². The first-order valence-corrected chi connectivity index (χ1v) is 7.95. The molecule has 0 atom stereocenters. The Morgan fingerprint density at radius 3 is 2.76 bits per heavy atom. The van der Waals surface area contributed by atoms with Gasteiger partial charge in [0.25, 0.3) is 0 Å². The molecule has 0 amide bonds. The average Bonchev–Trinajstić information content (AvgIpc) is 2.63. The molecule has 6 heteroatoms. The number of hydrogen-bond donors (Lipinski definition) is 1. The third kappa shape index (κ3) is 5.81. The van der Waals surface area contributed by atoms with Crippen molar-refractivity contribution < 1.29 is 14.3 Å². The van der Waals surface area contributed by atoms with E-state index in [1.54, 1.807) is 6.20 Å². The minimum atomic E-state index is -0.183. The summed E-state index contributed by atoms with van der Waals surface area (Å²) in [6.45, 7) is 2.02. The first-order valence-electron chi connectivity index (χ1n) is 7.95. The van der Waals surface area contributed by atoms with Crippen LogP contribution in [-0.2, 0) is 16.0 Å². The van der Waals surface area contributed by atoms with Crippen molar-refractivity contribution in [2.24, 2.45) is 0 Å². The van der Waals surface area contributed by atoms with Gasteiger partial charge in [-0.2, -0.15) is 4.98 Å². The number of nitrogens with one attached hydrogen (secondary N) is 1. The van der Waals surface area contributed by atoms with Crippen molar-refractivity contribution in [1.29, 1.82) is 0 Å². The zero-order chi connectivity index (χ0) is 18.1. The number of esters is 1. The van der Waals surface area contributed by atoms with Crippen LogP contribution >= 0.6 is 0 Å². The molecule has 0 aliphatic carbocycles. The zero-order valence-electron chi connectivity index (χ0n) is 14.4. The first kappa shape index (κ1) is 18.3. The average molecular weight is 339 g/mol. The lowest BCUT2D eigenvalue weighted by Gasteiger charge is -2.09. The van der Waals surface area contributed by atoms with Crippen molar-refractivity contribution in [3.63, 3.8) is 0 Å². The Bertz CT molecular complexity index is 751. The summed E-state index contributed by atoms with van der Waals surface area (Å²) in [7, 11) is 1.40. The highest BCUT2D eigenvalue weighted by atomic mass is 16.5. The van der Waals surface area contributed by atoms with Crippen molar-refractivity contribution in [3.05, 3.63) is 41.6 Å². The molecule has 1 aromatic heterocycles. The second-order valence-electron chi connectivity index (χ2n) is 5.43. The number of anilines is 2. The zero-order valence-corrected chi connectivity index (χ0v) is 14.4. The molecule has 0 fully saturated rings. The van der Waals surface area contributed by atoms with Gasteiger partial charge in [0.05, 0.1) is 7.11 Å². The molecule has 25 heavy (non-hydrogen) atoms. The van der Waals surface area contributed by atoms with E-state index in [2.05, 4.69) is 25.9 Å². The van der Waals surface area contributed by atoms with E-state index in [9.17, 15) is 4.79 Å². The molecule has 1 heterocycles. The maximum absolute atomic E-state index is 11.1. The van der Waals surface area contributed by atoms with Crippen LogP contribution in [0.5, 0.6) is 5.88 Å². The summed E-state index contributed by atoms with van der Waals surface area (Å²) < 4.78 is 10.0. The van der Waals surface area contributed by atoms with Gasteiger partial charge in [-0.15, -0.1) is 6.42 Å². The molecule has 0 aliphatic rings. The Morgan fingerprint density at radius 2 is 2.08 bits per heavy atom. The van der Waals surface area contributed by atoms with Crippen LogP contribution in [0.3, 0.4) is 0 Å². The first-order chi connectivity index (χ1) is 12.1. The summed E-state index contributed by atoms with van der Waals surface area (Å²) in [5.41, 5.74) is 2.84. The number of nitrogens with zero attached hydrogens (tertiary/aromatic N) is 2. The highest BCUT2D eigenvalue weighted by Crippen LogP contribution is 2.19. The molecule has 1 aromatic carbocycles. The molecular formula is C19H21N3O3. The minimum Gasteiger partial charge on any atom is -0.469 e. The predicted octanol–water partition coefficient (Wildman–Crippen LogP) is 3.04. The maximum Gasteiger partial charge on any atom is 0.305 e. The van der Waals surface area contributed by atoms with E-state index in [4.69, 9.17) is 11.2 Å². The van der Waals surface area contributed by atoms with Crippen LogP contribution in [0.1, 0.15) is 24.0 Å². The van der Waals surface area contributed by atoms with Gasteiger partial charge in [-0.1, -0.05) is 18.1 Å². The number of hydrogen-bond acceptors (Lipinski definition) is 6. The quantitative estimate of drug-likeness (QED) is 0.589. The number of carbonyl (C=O) groups excluding carboxylic acids is 1. The second kappa shape index (κ2) is 9.28. The molecule has 0 radical (unpaired) electrons. The molecule has 1 N–H and O–H groups in total. The summed E-state index contributed by atoms with van der Waals surface area (Å²) >= 11 is 0. The van der Waals surface area contributed by atoms with Crippen molar-refractivity contribution in [1.82, 2.24) is 9.97 Å². The number of ether oxygens (including phenoxy) is 2. The molecule has 0 bridgehead atoms. The van der Waals surface area contributed by atoms with Gasteiger partial charge in [0.15, 0.2) is 6.61 Å². The smallest absolute Gasteiger partial charge is 0.305 e. The van der Waals surface area contributed by atoms with Gasteiger partial charge < -0.3 is 14.8 Å². The minimum absolute atomic E-state index is 0.164. The van der Waals surface area contributed by atoms with E-state index in [1.165, 1.54) is 7.11 Å². The van der Waals surface area contributed by atoms with Gasteiger partial charge in [0.1, 0.15) is 0 Å². The van der Waals surface area contributed by atoms with E-state index in [0.29, 0.717) is 18.2 Å². The van der Waals surface area contributed by atoms with Gasteiger partial charge in [-0.25, -0.2) is 4.98 Å². The summed E-state index contributed by atoms with van der Waals surface area (Å²) in [6, 6.07) is 7.89. The number of carbonyl (C=O) groups is 1.